The van der Waals surface area contributed by atoms with Crippen LogP contribution in [-0.2, 0) is 11.2 Å². The molecule has 112 valence electrons. The van der Waals surface area contributed by atoms with Crippen molar-refractivity contribution in [3.63, 3.8) is 0 Å². The molecule has 1 aromatic carbocycles. The molecule has 0 bridgehead atoms. The number of hydrogen-bond acceptors (Lipinski definition) is 3. The molecule has 1 unspecified atom stereocenters. The Kier molecular flexibility index (Phi) is 5.44. The molecule has 0 aromatic heterocycles. The molecule has 0 radical (unpaired) electrons. The van der Waals surface area contributed by atoms with Crippen molar-refractivity contribution in [3.05, 3.63) is 29.3 Å². The van der Waals surface area contributed by atoms with Crippen molar-refractivity contribution in [2.75, 3.05) is 13.7 Å². The van der Waals surface area contributed by atoms with E-state index in [4.69, 9.17) is 9.47 Å². The van der Waals surface area contributed by atoms with Crippen LogP contribution in [0.25, 0.3) is 0 Å². The lowest BCUT2D eigenvalue weighted by Gasteiger charge is -2.36. The van der Waals surface area contributed by atoms with Gasteiger partial charge in [-0.25, -0.2) is 0 Å². The number of benzene rings is 1. The predicted molar refractivity (Wildman–Crippen MR) is 80.2 cm³/mol. The first-order valence-electron chi connectivity index (χ1n) is 7.55. The molecule has 0 saturated heterocycles. The van der Waals surface area contributed by atoms with E-state index in [0.717, 1.165) is 37.2 Å². The number of methoxy groups -OCH3 is 1. The molecule has 1 aliphatic rings. The number of aliphatic hydroxyl groups is 1. The average Bonchev–Trinajstić information content (AvgIpc) is 2.36. The molecule has 1 aromatic rings. The summed E-state index contributed by atoms with van der Waals surface area (Å²) in [6.45, 7) is 4.89. The molecule has 1 fully saturated rings. The molecular formula is C17H26O3. The zero-order valence-electron chi connectivity index (χ0n) is 12.8. The summed E-state index contributed by atoms with van der Waals surface area (Å²) in [4.78, 5) is 0. The van der Waals surface area contributed by atoms with Crippen molar-refractivity contribution in [2.45, 2.75) is 51.7 Å². The normalized spacial score (nSPS) is 23.2. The van der Waals surface area contributed by atoms with Crippen LogP contribution < -0.4 is 4.74 Å². The van der Waals surface area contributed by atoms with E-state index in [0.29, 0.717) is 18.4 Å². The Balaban J connectivity index is 1.83. The van der Waals surface area contributed by atoms with Crippen LogP contribution in [0.2, 0.25) is 0 Å². The summed E-state index contributed by atoms with van der Waals surface area (Å²) in [5, 5.41) is 10.3. The summed E-state index contributed by atoms with van der Waals surface area (Å²) in [6.07, 6.45) is 3.84. The van der Waals surface area contributed by atoms with Crippen LogP contribution in [0.5, 0.6) is 5.75 Å². The molecule has 1 saturated carbocycles. The summed E-state index contributed by atoms with van der Waals surface area (Å²) >= 11 is 0. The van der Waals surface area contributed by atoms with E-state index in [1.807, 2.05) is 19.1 Å². The molecule has 3 nitrogen and oxygen atoms in total. The van der Waals surface area contributed by atoms with Gasteiger partial charge in [0.1, 0.15) is 5.75 Å². The molecule has 1 N–H and O–H groups in total. The minimum Gasteiger partial charge on any atom is -0.496 e. The maximum absolute atomic E-state index is 10.3. The summed E-state index contributed by atoms with van der Waals surface area (Å²) in [6, 6.07) is 6.12. The second kappa shape index (κ2) is 7.09. The highest BCUT2D eigenvalue weighted by atomic mass is 16.5. The van der Waals surface area contributed by atoms with Gasteiger partial charge in [0.2, 0.25) is 0 Å². The Labute approximate surface area is 121 Å². The SMILES string of the molecule is CCOC1CC(CC(O)Cc2cc(C)ccc2OC)C1. The van der Waals surface area contributed by atoms with Crippen LogP contribution in [0.1, 0.15) is 37.3 Å². The van der Waals surface area contributed by atoms with E-state index in [-0.39, 0.29) is 6.10 Å². The zero-order chi connectivity index (χ0) is 14.5. The fraction of sp³-hybridized carbons (Fsp3) is 0.647. The molecule has 0 spiro atoms. The molecule has 3 heteroatoms. The highest BCUT2D eigenvalue weighted by Crippen LogP contribution is 2.34. The molecule has 1 atom stereocenters. The quantitative estimate of drug-likeness (QED) is 0.833. The Hall–Kier alpha value is -1.06. The van der Waals surface area contributed by atoms with E-state index < -0.39 is 0 Å². The first-order chi connectivity index (χ1) is 9.62. The van der Waals surface area contributed by atoms with Crippen LogP contribution >= 0.6 is 0 Å². The van der Waals surface area contributed by atoms with Crippen molar-refractivity contribution >= 4 is 0 Å². The van der Waals surface area contributed by atoms with Crippen LogP contribution in [0.15, 0.2) is 18.2 Å². The van der Waals surface area contributed by atoms with Crippen molar-refractivity contribution in [2.24, 2.45) is 5.92 Å². The third-order valence-corrected chi connectivity index (χ3v) is 4.09. The van der Waals surface area contributed by atoms with Crippen molar-refractivity contribution in [3.8, 4) is 5.75 Å². The van der Waals surface area contributed by atoms with Crippen LogP contribution in [0, 0.1) is 12.8 Å². The van der Waals surface area contributed by atoms with Gasteiger partial charge in [-0.05, 0) is 50.7 Å². The average molecular weight is 278 g/mol. The van der Waals surface area contributed by atoms with Gasteiger partial charge in [0.15, 0.2) is 0 Å². The minimum absolute atomic E-state index is 0.293. The smallest absolute Gasteiger partial charge is 0.122 e. The van der Waals surface area contributed by atoms with Crippen molar-refractivity contribution in [1.82, 2.24) is 0 Å². The second-order valence-corrected chi connectivity index (χ2v) is 5.82. The summed E-state index contributed by atoms with van der Waals surface area (Å²) < 4.78 is 10.9. The van der Waals surface area contributed by atoms with E-state index >= 15 is 0 Å². The van der Waals surface area contributed by atoms with Crippen LogP contribution in [0.4, 0.5) is 0 Å². The molecule has 0 heterocycles. The topological polar surface area (TPSA) is 38.7 Å². The van der Waals surface area contributed by atoms with E-state index in [1.54, 1.807) is 7.11 Å². The number of ether oxygens (including phenoxy) is 2. The highest BCUT2D eigenvalue weighted by Gasteiger charge is 2.31. The summed E-state index contributed by atoms with van der Waals surface area (Å²) in [5.74, 6) is 1.48. The Morgan fingerprint density at radius 1 is 1.35 bits per heavy atom. The van der Waals surface area contributed by atoms with E-state index in [9.17, 15) is 5.11 Å². The molecule has 0 aliphatic heterocycles. The first-order valence-corrected chi connectivity index (χ1v) is 7.55. The Morgan fingerprint density at radius 3 is 2.75 bits per heavy atom. The third-order valence-electron chi connectivity index (χ3n) is 4.09. The monoisotopic (exact) mass is 278 g/mol. The first kappa shape index (κ1) is 15.3. The third kappa shape index (κ3) is 3.97. The molecule has 2 rings (SSSR count). The number of rotatable bonds is 7. The van der Waals surface area contributed by atoms with Gasteiger partial charge >= 0.3 is 0 Å². The fourth-order valence-electron chi connectivity index (χ4n) is 3.03. The van der Waals surface area contributed by atoms with Crippen LogP contribution in [-0.4, -0.2) is 31.0 Å². The highest BCUT2D eigenvalue weighted by molar-refractivity contribution is 5.37. The van der Waals surface area contributed by atoms with E-state index in [2.05, 4.69) is 13.0 Å². The van der Waals surface area contributed by atoms with Gasteiger partial charge in [-0.3, -0.25) is 0 Å². The lowest BCUT2D eigenvalue weighted by Crippen LogP contribution is -2.34. The van der Waals surface area contributed by atoms with Gasteiger partial charge in [-0.1, -0.05) is 17.7 Å². The molecule has 0 amide bonds. The summed E-state index contributed by atoms with van der Waals surface area (Å²) in [5.41, 5.74) is 2.30. The molecule has 1 aliphatic carbocycles. The number of aryl methyl sites for hydroxylation is 1. The number of aliphatic hydroxyl groups excluding tert-OH is 1. The zero-order valence-corrected chi connectivity index (χ0v) is 12.8. The van der Waals surface area contributed by atoms with Gasteiger partial charge < -0.3 is 14.6 Å². The predicted octanol–water partition coefficient (Wildman–Crippen LogP) is 3.11. The largest absolute Gasteiger partial charge is 0.496 e. The molecular weight excluding hydrogens is 252 g/mol. The van der Waals surface area contributed by atoms with Gasteiger partial charge in [-0.2, -0.15) is 0 Å². The molecule has 20 heavy (non-hydrogen) atoms. The lowest BCUT2D eigenvalue weighted by molar-refractivity contribution is -0.0376. The Bertz CT molecular complexity index is 424. The standard InChI is InChI=1S/C17H26O3/c1-4-20-16-9-13(10-16)8-15(18)11-14-7-12(2)5-6-17(14)19-3/h5-7,13,15-16,18H,4,8-11H2,1-3H3. The van der Waals surface area contributed by atoms with Gasteiger partial charge in [-0.15, -0.1) is 0 Å². The summed E-state index contributed by atoms with van der Waals surface area (Å²) in [7, 11) is 1.68. The van der Waals surface area contributed by atoms with E-state index in [1.165, 1.54) is 5.56 Å². The second-order valence-electron chi connectivity index (χ2n) is 5.82. The van der Waals surface area contributed by atoms with Gasteiger partial charge in [0.25, 0.3) is 0 Å². The maximum Gasteiger partial charge on any atom is 0.122 e. The Morgan fingerprint density at radius 2 is 2.10 bits per heavy atom. The number of hydrogen-bond donors (Lipinski definition) is 1. The van der Waals surface area contributed by atoms with Gasteiger partial charge in [0.05, 0.1) is 19.3 Å². The maximum atomic E-state index is 10.3. The van der Waals surface area contributed by atoms with Crippen molar-refractivity contribution in [1.29, 1.82) is 0 Å². The fourth-order valence-corrected chi connectivity index (χ4v) is 3.03. The van der Waals surface area contributed by atoms with Crippen LogP contribution in [0.3, 0.4) is 0 Å². The van der Waals surface area contributed by atoms with Crippen molar-refractivity contribution < 1.29 is 14.6 Å². The lowest BCUT2D eigenvalue weighted by atomic mass is 9.78. The van der Waals surface area contributed by atoms with Gasteiger partial charge in [0, 0.05) is 13.0 Å². The minimum atomic E-state index is -0.293.